The van der Waals surface area contributed by atoms with Crippen LogP contribution in [0.25, 0.3) is 0 Å². The zero-order chi connectivity index (χ0) is 20.9. The summed E-state index contributed by atoms with van der Waals surface area (Å²) in [5.41, 5.74) is 0.0650. The Morgan fingerprint density at radius 3 is 2.31 bits per heavy atom. The molecule has 0 aliphatic carbocycles. The lowest BCUT2D eigenvalue weighted by atomic mass is 10.1. The van der Waals surface area contributed by atoms with E-state index in [0.29, 0.717) is 17.3 Å². The molecule has 7 heteroatoms. The second kappa shape index (κ2) is 9.46. The van der Waals surface area contributed by atoms with Gasteiger partial charge < -0.3 is 15.0 Å². The molecule has 0 aromatic heterocycles. The van der Waals surface area contributed by atoms with Gasteiger partial charge in [-0.3, -0.25) is 9.69 Å². The predicted octanol–water partition coefficient (Wildman–Crippen LogP) is 3.57. The fraction of sp³-hybridized carbons (Fsp3) is 0.409. The molecule has 0 atom stereocenters. The number of rotatable bonds is 7. The quantitative estimate of drug-likeness (QED) is 0.745. The van der Waals surface area contributed by atoms with Gasteiger partial charge in [0.15, 0.2) is 5.60 Å². The highest BCUT2D eigenvalue weighted by atomic mass is 35.5. The number of carbonyl (C=O) groups excluding carboxylic acids is 1. The Morgan fingerprint density at radius 2 is 1.69 bits per heavy atom. The van der Waals surface area contributed by atoms with E-state index in [2.05, 4.69) is 15.1 Å². The Balaban J connectivity index is 1.40. The maximum absolute atomic E-state index is 13.1. The van der Waals surface area contributed by atoms with Gasteiger partial charge in [0.1, 0.15) is 11.6 Å². The molecule has 0 unspecified atom stereocenters. The van der Waals surface area contributed by atoms with Crippen LogP contribution in [-0.2, 0) is 4.79 Å². The molecule has 5 nitrogen and oxygen atoms in total. The van der Waals surface area contributed by atoms with Crippen LogP contribution in [0.2, 0.25) is 5.02 Å². The van der Waals surface area contributed by atoms with Gasteiger partial charge in [-0.25, -0.2) is 4.39 Å². The first-order chi connectivity index (χ1) is 13.8. The van der Waals surface area contributed by atoms with Gasteiger partial charge in [0.05, 0.1) is 0 Å². The van der Waals surface area contributed by atoms with Crippen molar-refractivity contribution in [3.05, 3.63) is 59.4 Å². The first-order valence-corrected chi connectivity index (χ1v) is 10.2. The lowest BCUT2D eigenvalue weighted by Gasteiger charge is -2.36. The molecular weight excluding hydrogens is 393 g/mol. The monoisotopic (exact) mass is 419 g/mol. The SMILES string of the molecule is CC(C)(Oc1ccc(Cl)cc1)C(=O)NCCN1CCN(c2ccc(F)cc2)CC1. The van der Waals surface area contributed by atoms with Crippen LogP contribution in [0.15, 0.2) is 48.5 Å². The lowest BCUT2D eigenvalue weighted by molar-refractivity contribution is -0.134. The number of anilines is 1. The van der Waals surface area contributed by atoms with E-state index in [0.717, 1.165) is 38.4 Å². The van der Waals surface area contributed by atoms with E-state index in [4.69, 9.17) is 16.3 Å². The Bertz CT molecular complexity index is 804. The smallest absolute Gasteiger partial charge is 0.263 e. The average molecular weight is 420 g/mol. The third-order valence-electron chi connectivity index (χ3n) is 5.01. The van der Waals surface area contributed by atoms with Gasteiger partial charge in [0.25, 0.3) is 5.91 Å². The van der Waals surface area contributed by atoms with Gasteiger partial charge in [-0.05, 0) is 62.4 Å². The standard InChI is InChI=1S/C22H27ClFN3O2/c1-22(2,29-20-9-3-17(23)4-10-20)21(28)25-11-12-26-13-15-27(16-14-26)19-7-5-18(24)6-8-19/h3-10H,11-16H2,1-2H3,(H,25,28). The summed E-state index contributed by atoms with van der Waals surface area (Å²) in [4.78, 5) is 17.1. The molecule has 0 spiro atoms. The van der Waals surface area contributed by atoms with E-state index in [1.54, 1.807) is 38.1 Å². The molecule has 156 valence electrons. The highest BCUT2D eigenvalue weighted by Crippen LogP contribution is 2.21. The van der Waals surface area contributed by atoms with Crippen LogP contribution in [0.5, 0.6) is 5.75 Å². The van der Waals surface area contributed by atoms with Gasteiger partial charge in [-0.15, -0.1) is 0 Å². The molecule has 0 saturated carbocycles. The van der Waals surface area contributed by atoms with Gasteiger partial charge in [-0.2, -0.15) is 0 Å². The first-order valence-electron chi connectivity index (χ1n) is 9.79. The van der Waals surface area contributed by atoms with Gasteiger partial charge in [0.2, 0.25) is 0 Å². The van der Waals surface area contributed by atoms with E-state index in [9.17, 15) is 9.18 Å². The van der Waals surface area contributed by atoms with Crippen molar-refractivity contribution in [3.63, 3.8) is 0 Å². The maximum atomic E-state index is 13.1. The van der Waals surface area contributed by atoms with Crippen molar-refractivity contribution in [2.45, 2.75) is 19.4 Å². The Morgan fingerprint density at radius 1 is 1.07 bits per heavy atom. The summed E-state index contributed by atoms with van der Waals surface area (Å²) in [5.74, 6) is 0.231. The lowest BCUT2D eigenvalue weighted by Crippen LogP contribution is -2.51. The average Bonchev–Trinajstić information content (AvgIpc) is 2.71. The molecule has 2 aromatic rings. The number of hydrogen-bond acceptors (Lipinski definition) is 4. The molecule has 1 fully saturated rings. The molecule has 1 aliphatic rings. The van der Waals surface area contributed by atoms with Crippen LogP contribution in [0.1, 0.15) is 13.8 Å². The first kappa shape index (κ1) is 21.4. The van der Waals surface area contributed by atoms with Gasteiger partial charge in [0, 0.05) is 50.0 Å². The summed E-state index contributed by atoms with van der Waals surface area (Å²) in [6, 6.07) is 13.6. The second-order valence-corrected chi connectivity index (χ2v) is 8.06. The minimum Gasteiger partial charge on any atom is -0.478 e. The van der Waals surface area contributed by atoms with Crippen molar-refractivity contribution in [1.82, 2.24) is 10.2 Å². The molecule has 1 amide bonds. The molecule has 0 bridgehead atoms. The normalized spacial score (nSPS) is 15.2. The third-order valence-corrected chi connectivity index (χ3v) is 5.26. The van der Waals surface area contributed by atoms with Crippen LogP contribution in [0.4, 0.5) is 10.1 Å². The largest absolute Gasteiger partial charge is 0.478 e. The van der Waals surface area contributed by atoms with Gasteiger partial charge in [-0.1, -0.05) is 11.6 Å². The number of amides is 1. The number of piperazine rings is 1. The second-order valence-electron chi connectivity index (χ2n) is 7.63. The highest BCUT2D eigenvalue weighted by Gasteiger charge is 2.29. The molecular formula is C22H27ClFN3O2. The van der Waals surface area contributed by atoms with E-state index >= 15 is 0 Å². The van der Waals surface area contributed by atoms with E-state index in [1.165, 1.54) is 12.1 Å². The predicted molar refractivity (Wildman–Crippen MR) is 114 cm³/mol. The fourth-order valence-corrected chi connectivity index (χ4v) is 3.39. The number of hydrogen-bond donors (Lipinski definition) is 1. The van der Waals surface area contributed by atoms with Crippen molar-refractivity contribution < 1.29 is 13.9 Å². The summed E-state index contributed by atoms with van der Waals surface area (Å²) < 4.78 is 18.9. The Kier molecular flexibility index (Phi) is 6.98. The third kappa shape index (κ3) is 6.08. The van der Waals surface area contributed by atoms with Crippen molar-refractivity contribution in [1.29, 1.82) is 0 Å². The molecule has 1 N–H and O–H groups in total. The number of ether oxygens (including phenoxy) is 1. The van der Waals surface area contributed by atoms with Crippen LogP contribution in [-0.4, -0.2) is 55.7 Å². The minimum atomic E-state index is -0.977. The van der Waals surface area contributed by atoms with E-state index in [1.807, 2.05) is 12.1 Å². The fourth-order valence-electron chi connectivity index (χ4n) is 3.27. The van der Waals surface area contributed by atoms with Crippen molar-refractivity contribution >= 4 is 23.2 Å². The maximum Gasteiger partial charge on any atom is 0.263 e. The van der Waals surface area contributed by atoms with Crippen LogP contribution in [0, 0.1) is 5.82 Å². The minimum absolute atomic E-state index is 0.155. The van der Waals surface area contributed by atoms with E-state index in [-0.39, 0.29) is 11.7 Å². The summed E-state index contributed by atoms with van der Waals surface area (Å²) in [6.07, 6.45) is 0. The summed E-state index contributed by atoms with van der Waals surface area (Å²) >= 11 is 5.88. The van der Waals surface area contributed by atoms with Crippen LogP contribution in [0.3, 0.4) is 0 Å². The zero-order valence-corrected chi connectivity index (χ0v) is 17.6. The molecule has 3 rings (SSSR count). The summed E-state index contributed by atoms with van der Waals surface area (Å²) in [5, 5.41) is 3.59. The number of benzene rings is 2. The Labute approximate surface area is 176 Å². The number of carbonyl (C=O) groups is 1. The molecule has 0 radical (unpaired) electrons. The molecule has 1 aliphatic heterocycles. The number of nitrogens with zero attached hydrogens (tertiary/aromatic N) is 2. The van der Waals surface area contributed by atoms with Crippen molar-refractivity contribution in [2.75, 3.05) is 44.2 Å². The summed E-state index contributed by atoms with van der Waals surface area (Å²) in [7, 11) is 0. The molecule has 1 heterocycles. The van der Waals surface area contributed by atoms with Crippen molar-refractivity contribution in [3.8, 4) is 5.75 Å². The van der Waals surface area contributed by atoms with Crippen molar-refractivity contribution in [2.24, 2.45) is 0 Å². The van der Waals surface area contributed by atoms with E-state index < -0.39 is 5.60 Å². The topological polar surface area (TPSA) is 44.8 Å². The Hall–Kier alpha value is -2.31. The molecule has 1 saturated heterocycles. The van der Waals surface area contributed by atoms with Gasteiger partial charge >= 0.3 is 0 Å². The number of nitrogens with one attached hydrogen (secondary N) is 1. The molecule has 2 aromatic carbocycles. The van der Waals surface area contributed by atoms with Crippen LogP contribution >= 0.6 is 11.6 Å². The van der Waals surface area contributed by atoms with Crippen LogP contribution < -0.4 is 15.0 Å². The zero-order valence-electron chi connectivity index (χ0n) is 16.8. The number of halogens is 2. The highest BCUT2D eigenvalue weighted by molar-refractivity contribution is 6.30. The summed E-state index contributed by atoms with van der Waals surface area (Å²) in [6.45, 7) is 8.39. The molecule has 29 heavy (non-hydrogen) atoms.